The Labute approximate surface area is 103 Å². The molecule has 3 nitrogen and oxygen atoms in total. The maximum atomic E-state index is 8.44. The van der Waals surface area contributed by atoms with Crippen LogP contribution in [0, 0.1) is 17.3 Å². The van der Waals surface area contributed by atoms with E-state index in [4.69, 9.17) is 14.6 Å². The highest BCUT2D eigenvalue weighted by Gasteiger charge is 2.26. The van der Waals surface area contributed by atoms with Gasteiger partial charge in [-0.15, -0.1) is 0 Å². The lowest BCUT2D eigenvalue weighted by Gasteiger charge is -2.33. The van der Waals surface area contributed by atoms with Crippen molar-refractivity contribution in [1.29, 1.82) is 0 Å². The Hall–Kier alpha value is -1.08. The minimum atomic E-state index is -0.240. The Morgan fingerprint density at radius 2 is 1.94 bits per heavy atom. The highest BCUT2D eigenvalue weighted by molar-refractivity contribution is 5.10. The van der Waals surface area contributed by atoms with E-state index in [-0.39, 0.29) is 18.3 Å². The Balaban J connectivity index is 2.21. The van der Waals surface area contributed by atoms with Crippen LogP contribution in [0.1, 0.15) is 20.3 Å². The molecule has 0 aliphatic carbocycles. The highest BCUT2D eigenvalue weighted by atomic mass is 16.7. The maximum Gasteiger partial charge on any atom is 0.177 e. The number of aliphatic hydroxyl groups is 1. The molecule has 1 aliphatic rings. The van der Waals surface area contributed by atoms with Crippen LogP contribution < -0.4 is 0 Å². The highest BCUT2D eigenvalue weighted by Crippen LogP contribution is 2.23. The first-order valence-electron chi connectivity index (χ1n) is 5.77. The molecule has 17 heavy (non-hydrogen) atoms. The van der Waals surface area contributed by atoms with Gasteiger partial charge in [0, 0.05) is 11.8 Å². The zero-order valence-corrected chi connectivity index (χ0v) is 10.5. The average Bonchev–Trinajstić information content (AvgIpc) is 2.30. The first kappa shape index (κ1) is 14.0. The van der Waals surface area contributed by atoms with E-state index in [1.807, 2.05) is 24.3 Å². The Bertz CT molecular complexity index is 321. The van der Waals surface area contributed by atoms with Crippen molar-refractivity contribution in [3.05, 3.63) is 24.3 Å². The van der Waals surface area contributed by atoms with Crippen LogP contribution in [0.4, 0.5) is 0 Å². The summed E-state index contributed by atoms with van der Waals surface area (Å²) in [7, 11) is 0. The molecule has 0 bridgehead atoms. The third-order valence-electron chi connectivity index (χ3n) is 2.22. The van der Waals surface area contributed by atoms with Gasteiger partial charge in [-0.05, 0) is 6.08 Å². The molecule has 0 aromatic rings. The lowest BCUT2D eigenvalue weighted by atomic mass is 9.96. The number of ether oxygens (including phenoxy) is 2. The topological polar surface area (TPSA) is 38.7 Å². The monoisotopic (exact) mass is 236 g/mol. The summed E-state index contributed by atoms with van der Waals surface area (Å²) in [5, 5.41) is 8.44. The first-order valence-corrected chi connectivity index (χ1v) is 5.77. The SMILES string of the molecule is CC1(C)COC(/C=C/C=C/CC#CCO)OC1. The van der Waals surface area contributed by atoms with Crippen molar-refractivity contribution in [3.8, 4) is 11.8 Å². The molecule has 1 N–H and O–H groups in total. The van der Waals surface area contributed by atoms with Gasteiger partial charge in [-0.1, -0.05) is 43.9 Å². The van der Waals surface area contributed by atoms with Gasteiger partial charge in [0.05, 0.1) is 13.2 Å². The first-order chi connectivity index (χ1) is 8.14. The summed E-state index contributed by atoms with van der Waals surface area (Å²) in [5.41, 5.74) is 0.111. The van der Waals surface area contributed by atoms with E-state index in [0.29, 0.717) is 19.6 Å². The van der Waals surface area contributed by atoms with Gasteiger partial charge >= 0.3 is 0 Å². The Morgan fingerprint density at radius 1 is 1.24 bits per heavy atom. The molecule has 3 heteroatoms. The number of hydrogen-bond donors (Lipinski definition) is 1. The van der Waals surface area contributed by atoms with Crippen LogP contribution in [0.15, 0.2) is 24.3 Å². The molecule has 0 saturated carbocycles. The molecule has 0 amide bonds. The lowest BCUT2D eigenvalue weighted by Crippen LogP contribution is -2.36. The van der Waals surface area contributed by atoms with Crippen LogP contribution in [0.5, 0.6) is 0 Å². The predicted molar refractivity (Wildman–Crippen MR) is 67.2 cm³/mol. The molecular weight excluding hydrogens is 216 g/mol. The minimum Gasteiger partial charge on any atom is -0.384 e. The third kappa shape index (κ3) is 6.28. The normalized spacial score (nSPS) is 20.6. The molecule has 0 spiro atoms. The van der Waals surface area contributed by atoms with E-state index in [9.17, 15) is 0 Å². The number of allylic oxidation sites excluding steroid dienone is 3. The maximum absolute atomic E-state index is 8.44. The van der Waals surface area contributed by atoms with Gasteiger partial charge in [-0.3, -0.25) is 0 Å². The number of hydrogen-bond acceptors (Lipinski definition) is 3. The molecule has 94 valence electrons. The van der Waals surface area contributed by atoms with E-state index in [1.165, 1.54) is 0 Å². The fraction of sp³-hybridized carbons (Fsp3) is 0.571. The molecule has 1 heterocycles. The van der Waals surface area contributed by atoms with E-state index >= 15 is 0 Å². The predicted octanol–water partition coefficient (Wildman–Crippen LogP) is 1.88. The van der Waals surface area contributed by atoms with Crippen molar-refractivity contribution < 1.29 is 14.6 Å². The molecule has 0 atom stereocenters. The van der Waals surface area contributed by atoms with Crippen LogP contribution in [0.2, 0.25) is 0 Å². The van der Waals surface area contributed by atoms with Gasteiger partial charge in [0.2, 0.25) is 0 Å². The van der Waals surface area contributed by atoms with Gasteiger partial charge in [-0.2, -0.15) is 0 Å². The zero-order valence-electron chi connectivity index (χ0n) is 10.5. The minimum absolute atomic E-state index is 0.0801. The molecule has 1 fully saturated rings. The van der Waals surface area contributed by atoms with E-state index in [2.05, 4.69) is 25.7 Å². The van der Waals surface area contributed by atoms with Gasteiger partial charge in [0.1, 0.15) is 6.61 Å². The molecule has 0 aromatic heterocycles. The summed E-state index contributed by atoms with van der Waals surface area (Å²) in [4.78, 5) is 0. The number of aliphatic hydroxyl groups excluding tert-OH is 1. The zero-order chi connectivity index (χ0) is 12.6. The van der Waals surface area contributed by atoms with Crippen LogP contribution >= 0.6 is 0 Å². The fourth-order valence-corrected chi connectivity index (χ4v) is 1.30. The Morgan fingerprint density at radius 3 is 2.59 bits per heavy atom. The number of rotatable bonds is 3. The summed E-state index contributed by atoms with van der Waals surface area (Å²) in [6.45, 7) is 5.59. The third-order valence-corrected chi connectivity index (χ3v) is 2.22. The fourth-order valence-electron chi connectivity index (χ4n) is 1.30. The van der Waals surface area contributed by atoms with Gasteiger partial charge in [0.25, 0.3) is 0 Å². The van der Waals surface area contributed by atoms with E-state index in [1.54, 1.807) is 0 Å². The molecular formula is C14H20O3. The molecule has 1 aliphatic heterocycles. The molecule has 0 aromatic carbocycles. The largest absolute Gasteiger partial charge is 0.384 e. The van der Waals surface area contributed by atoms with Crippen molar-refractivity contribution in [1.82, 2.24) is 0 Å². The summed E-state index contributed by atoms with van der Waals surface area (Å²) >= 11 is 0. The van der Waals surface area contributed by atoms with Crippen molar-refractivity contribution in [2.75, 3.05) is 19.8 Å². The van der Waals surface area contributed by atoms with Crippen LogP contribution in [-0.4, -0.2) is 31.2 Å². The smallest absolute Gasteiger partial charge is 0.177 e. The molecule has 0 radical (unpaired) electrons. The quantitative estimate of drug-likeness (QED) is 0.600. The second kappa shape index (κ2) is 7.29. The van der Waals surface area contributed by atoms with Gasteiger partial charge in [-0.25, -0.2) is 0 Å². The lowest BCUT2D eigenvalue weighted by molar-refractivity contribution is -0.197. The summed E-state index contributed by atoms with van der Waals surface area (Å²) in [5.74, 6) is 5.38. The van der Waals surface area contributed by atoms with Crippen molar-refractivity contribution in [2.24, 2.45) is 5.41 Å². The van der Waals surface area contributed by atoms with Gasteiger partial charge < -0.3 is 14.6 Å². The Kier molecular flexibility index (Phi) is 5.99. The van der Waals surface area contributed by atoms with E-state index < -0.39 is 0 Å². The van der Waals surface area contributed by atoms with E-state index in [0.717, 1.165) is 0 Å². The van der Waals surface area contributed by atoms with Crippen LogP contribution in [-0.2, 0) is 9.47 Å². The molecule has 0 unspecified atom stereocenters. The molecule has 1 saturated heterocycles. The molecule has 1 rings (SSSR count). The van der Waals surface area contributed by atoms with Crippen LogP contribution in [0.25, 0.3) is 0 Å². The summed E-state index contributed by atoms with van der Waals surface area (Å²) < 4.78 is 11.1. The summed E-state index contributed by atoms with van der Waals surface area (Å²) in [6, 6.07) is 0. The summed E-state index contributed by atoms with van der Waals surface area (Å²) in [6.07, 6.45) is 8.00. The van der Waals surface area contributed by atoms with Crippen molar-refractivity contribution in [2.45, 2.75) is 26.6 Å². The second-order valence-corrected chi connectivity index (χ2v) is 4.68. The van der Waals surface area contributed by atoms with Crippen molar-refractivity contribution in [3.63, 3.8) is 0 Å². The van der Waals surface area contributed by atoms with Crippen LogP contribution in [0.3, 0.4) is 0 Å². The van der Waals surface area contributed by atoms with Gasteiger partial charge in [0.15, 0.2) is 6.29 Å². The average molecular weight is 236 g/mol. The van der Waals surface area contributed by atoms with Crippen molar-refractivity contribution >= 4 is 0 Å². The standard InChI is InChI=1S/C14H20O3/c1-14(2)11-16-13(17-12-14)9-7-5-3-4-6-8-10-15/h3,5,7,9,13,15H,4,10-12H2,1-2H3/b5-3+,9-7+. The second-order valence-electron chi connectivity index (χ2n) is 4.68.